The summed E-state index contributed by atoms with van der Waals surface area (Å²) in [5.74, 6) is 1.83. The van der Waals surface area contributed by atoms with Gasteiger partial charge in [0.2, 0.25) is 5.91 Å². The molecule has 0 radical (unpaired) electrons. The average molecular weight is 404 g/mol. The molecule has 1 saturated heterocycles. The van der Waals surface area contributed by atoms with Gasteiger partial charge in [-0.3, -0.25) is 9.69 Å². The molecule has 1 unspecified atom stereocenters. The molecule has 1 amide bonds. The van der Waals surface area contributed by atoms with Crippen molar-refractivity contribution in [1.82, 2.24) is 14.9 Å². The van der Waals surface area contributed by atoms with Gasteiger partial charge in [-0.15, -0.1) is 0 Å². The van der Waals surface area contributed by atoms with E-state index >= 15 is 0 Å². The fraction of sp³-hybridized carbons (Fsp3) is 0.773. The number of hydrogen-bond acceptors (Lipinski definition) is 6. The summed E-state index contributed by atoms with van der Waals surface area (Å²) in [6.07, 6.45) is 9.57. The molecule has 1 atom stereocenters. The Hall–Kier alpha value is -1.89. The number of carbonyl (C=O) groups is 1. The Morgan fingerprint density at radius 1 is 1.14 bits per heavy atom. The van der Waals surface area contributed by atoms with E-state index in [1.54, 1.807) is 4.90 Å². The number of anilines is 2. The number of ether oxygens (including phenoxy) is 1. The minimum atomic E-state index is 0.0694. The summed E-state index contributed by atoms with van der Waals surface area (Å²) in [5.41, 5.74) is 6.84. The second kappa shape index (κ2) is 10.8. The smallest absolute Gasteiger partial charge is 0.320 e. The zero-order valence-electron chi connectivity index (χ0n) is 18.2. The molecule has 0 saturated carbocycles. The van der Waals surface area contributed by atoms with E-state index in [-0.39, 0.29) is 11.9 Å². The average Bonchev–Trinajstić information content (AvgIpc) is 3.03. The number of unbranched alkanes of at least 4 members (excludes halogenated alkanes) is 2. The van der Waals surface area contributed by atoms with E-state index in [1.807, 2.05) is 0 Å². The lowest BCUT2D eigenvalue weighted by Crippen LogP contribution is -2.36. The van der Waals surface area contributed by atoms with Crippen molar-refractivity contribution in [2.45, 2.75) is 71.6 Å². The fourth-order valence-corrected chi connectivity index (χ4v) is 4.34. The number of piperidine rings is 1. The SMILES string of the molecule is CCCCOc1nc(N)c2c(n1)N(CCCC1CCCN(CCCC)C1)C(=O)C2. The molecule has 1 aromatic rings. The summed E-state index contributed by atoms with van der Waals surface area (Å²) >= 11 is 0. The highest BCUT2D eigenvalue weighted by molar-refractivity contribution is 6.01. The quantitative estimate of drug-likeness (QED) is 0.570. The molecule has 0 spiro atoms. The summed E-state index contributed by atoms with van der Waals surface area (Å²) in [7, 11) is 0. The topological polar surface area (TPSA) is 84.6 Å². The van der Waals surface area contributed by atoms with E-state index in [0.717, 1.165) is 37.2 Å². The molecule has 29 heavy (non-hydrogen) atoms. The second-order valence-electron chi connectivity index (χ2n) is 8.42. The Kier molecular flexibility index (Phi) is 8.09. The van der Waals surface area contributed by atoms with E-state index in [4.69, 9.17) is 10.5 Å². The Labute approximate surface area is 175 Å². The maximum Gasteiger partial charge on any atom is 0.320 e. The van der Waals surface area contributed by atoms with E-state index < -0.39 is 0 Å². The number of likely N-dealkylation sites (tertiary alicyclic amines) is 1. The molecule has 3 rings (SSSR count). The Balaban J connectivity index is 1.54. The number of aromatic nitrogens is 2. The molecule has 0 bridgehead atoms. The summed E-state index contributed by atoms with van der Waals surface area (Å²) < 4.78 is 5.63. The van der Waals surface area contributed by atoms with E-state index in [0.29, 0.717) is 31.2 Å². The van der Waals surface area contributed by atoms with Crippen LogP contribution < -0.4 is 15.4 Å². The van der Waals surface area contributed by atoms with Crippen LogP contribution in [0.5, 0.6) is 6.01 Å². The first-order chi connectivity index (χ1) is 14.1. The molecule has 7 heteroatoms. The molecule has 162 valence electrons. The first-order valence-corrected chi connectivity index (χ1v) is 11.4. The molecule has 2 aliphatic heterocycles. The molecular formula is C22H37N5O2. The number of rotatable bonds is 11. The van der Waals surface area contributed by atoms with Gasteiger partial charge in [0.25, 0.3) is 0 Å². The molecule has 0 aromatic carbocycles. The lowest BCUT2D eigenvalue weighted by atomic mass is 9.93. The Morgan fingerprint density at radius 3 is 2.76 bits per heavy atom. The van der Waals surface area contributed by atoms with Crippen LogP contribution in [-0.2, 0) is 11.2 Å². The van der Waals surface area contributed by atoms with E-state index in [1.165, 1.54) is 45.3 Å². The fourth-order valence-electron chi connectivity index (χ4n) is 4.34. The molecule has 2 aliphatic rings. The van der Waals surface area contributed by atoms with Crippen LogP contribution in [0, 0.1) is 5.92 Å². The van der Waals surface area contributed by atoms with Crippen molar-refractivity contribution in [1.29, 1.82) is 0 Å². The van der Waals surface area contributed by atoms with Crippen molar-refractivity contribution >= 4 is 17.5 Å². The van der Waals surface area contributed by atoms with Gasteiger partial charge in [0.05, 0.1) is 13.0 Å². The normalized spacial score (nSPS) is 19.6. The highest BCUT2D eigenvalue weighted by Gasteiger charge is 2.32. The number of nitrogen functional groups attached to an aromatic ring is 1. The van der Waals surface area contributed by atoms with Crippen molar-refractivity contribution in [3.8, 4) is 6.01 Å². The molecule has 1 aromatic heterocycles. The van der Waals surface area contributed by atoms with Crippen molar-refractivity contribution in [3.05, 3.63) is 5.56 Å². The van der Waals surface area contributed by atoms with Gasteiger partial charge >= 0.3 is 6.01 Å². The number of fused-ring (bicyclic) bond motifs is 1. The number of amides is 1. The number of nitrogens with zero attached hydrogens (tertiary/aromatic N) is 4. The predicted octanol–water partition coefficient (Wildman–Crippen LogP) is 3.42. The molecule has 1 fully saturated rings. The number of hydrogen-bond donors (Lipinski definition) is 1. The Bertz CT molecular complexity index is 681. The highest BCUT2D eigenvalue weighted by atomic mass is 16.5. The van der Waals surface area contributed by atoms with Crippen LogP contribution in [0.15, 0.2) is 0 Å². The largest absolute Gasteiger partial charge is 0.463 e. The number of carbonyl (C=O) groups excluding carboxylic acids is 1. The molecular weight excluding hydrogens is 366 g/mol. The summed E-state index contributed by atoms with van der Waals surface area (Å²) in [6.45, 7) is 9.30. The zero-order chi connectivity index (χ0) is 20.6. The van der Waals surface area contributed by atoms with Crippen molar-refractivity contribution in [2.24, 2.45) is 5.92 Å². The third-order valence-corrected chi connectivity index (χ3v) is 6.04. The van der Waals surface area contributed by atoms with Gasteiger partial charge in [-0.2, -0.15) is 9.97 Å². The van der Waals surface area contributed by atoms with Crippen LogP contribution in [-0.4, -0.2) is 53.6 Å². The first kappa shape index (κ1) is 21.8. The second-order valence-corrected chi connectivity index (χ2v) is 8.42. The van der Waals surface area contributed by atoms with Gasteiger partial charge in [0, 0.05) is 18.7 Å². The van der Waals surface area contributed by atoms with Gasteiger partial charge in [0.1, 0.15) is 11.6 Å². The van der Waals surface area contributed by atoms with Crippen LogP contribution in [0.25, 0.3) is 0 Å². The maximum absolute atomic E-state index is 12.6. The monoisotopic (exact) mass is 403 g/mol. The summed E-state index contributed by atoms with van der Waals surface area (Å²) in [5, 5.41) is 0. The standard InChI is InChI=1S/C22H37N5O2/c1-3-5-11-26-12-7-9-17(16-26)10-8-13-27-19(28)15-18-20(23)24-22(25-21(18)27)29-14-6-4-2/h17H,3-16H2,1-2H3,(H2,23,24,25). The van der Waals surface area contributed by atoms with Gasteiger partial charge in [-0.1, -0.05) is 26.7 Å². The van der Waals surface area contributed by atoms with Gasteiger partial charge in [-0.25, -0.2) is 0 Å². The minimum absolute atomic E-state index is 0.0694. The van der Waals surface area contributed by atoms with Gasteiger partial charge in [-0.05, 0) is 57.5 Å². The van der Waals surface area contributed by atoms with Crippen molar-refractivity contribution in [2.75, 3.05) is 43.4 Å². The third-order valence-electron chi connectivity index (χ3n) is 6.04. The van der Waals surface area contributed by atoms with Crippen LogP contribution >= 0.6 is 0 Å². The van der Waals surface area contributed by atoms with Crippen LogP contribution in [0.3, 0.4) is 0 Å². The zero-order valence-corrected chi connectivity index (χ0v) is 18.2. The van der Waals surface area contributed by atoms with Crippen molar-refractivity contribution < 1.29 is 9.53 Å². The molecule has 3 heterocycles. The lowest BCUT2D eigenvalue weighted by Gasteiger charge is -2.33. The molecule has 7 nitrogen and oxygen atoms in total. The summed E-state index contributed by atoms with van der Waals surface area (Å²) in [4.78, 5) is 25.7. The van der Waals surface area contributed by atoms with Gasteiger partial charge < -0.3 is 15.4 Å². The van der Waals surface area contributed by atoms with Crippen molar-refractivity contribution in [3.63, 3.8) is 0 Å². The predicted molar refractivity (Wildman–Crippen MR) is 116 cm³/mol. The lowest BCUT2D eigenvalue weighted by molar-refractivity contribution is -0.117. The first-order valence-electron chi connectivity index (χ1n) is 11.4. The van der Waals surface area contributed by atoms with E-state index in [9.17, 15) is 4.79 Å². The van der Waals surface area contributed by atoms with E-state index in [2.05, 4.69) is 28.7 Å². The van der Waals surface area contributed by atoms with Crippen LogP contribution in [0.4, 0.5) is 11.6 Å². The minimum Gasteiger partial charge on any atom is -0.463 e. The molecule has 0 aliphatic carbocycles. The molecule has 2 N–H and O–H groups in total. The van der Waals surface area contributed by atoms with Crippen LogP contribution in [0.1, 0.15) is 70.8 Å². The van der Waals surface area contributed by atoms with Gasteiger partial charge in [0.15, 0.2) is 0 Å². The highest BCUT2D eigenvalue weighted by Crippen LogP contribution is 2.32. The van der Waals surface area contributed by atoms with Crippen LogP contribution in [0.2, 0.25) is 0 Å². The Morgan fingerprint density at radius 2 is 1.97 bits per heavy atom. The summed E-state index contributed by atoms with van der Waals surface area (Å²) in [6, 6.07) is 0.285. The maximum atomic E-state index is 12.6. The number of nitrogens with two attached hydrogens (primary N) is 1. The third kappa shape index (κ3) is 5.81.